The molecule has 0 bridgehead atoms. The van der Waals surface area contributed by atoms with Gasteiger partial charge >= 0.3 is 0 Å². The maximum absolute atomic E-state index is 12.6. The van der Waals surface area contributed by atoms with Gasteiger partial charge in [-0.15, -0.1) is 11.3 Å². The molecule has 0 aromatic carbocycles. The van der Waals surface area contributed by atoms with E-state index >= 15 is 0 Å². The topological polar surface area (TPSA) is 59.2 Å². The number of hydrogen-bond acceptors (Lipinski definition) is 4. The molecule has 1 aliphatic rings. The van der Waals surface area contributed by atoms with Gasteiger partial charge in [0.25, 0.3) is 0 Å². The summed E-state index contributed by atoms with van der Waals surface area (Å²) in [7, 11) is 0. The highest BCUT2D eigenvalue weighted by Gasteiger charge is 2.35. The first-order valence-electron chi connectivity index (χ1n) is 6.74. The van der Waals surface area contributed by atoms with Crippen LogP contribution in [0.25, 0.3) is 0 Å². The lowest BCUT2D eigenvalue weighted by molar-refractivity contribution is -0.133. The Balaban J connectivity index is 1.75. The van der Waals surface area contributed by atoms with Crippen molar-refractivity contribution >= 4 is 17.2 Å². The summed E-state index contributed by atoms with van der Waals surface area (Å²) < 4.78 is 0. The van der Waals surface area contributed by atoms with E-state index in [4.69, 9.17) is 5.73 Å². The van der Waals surface area contributed by atoms with Gasteiger partial charge in [0.2, 0.25) is 5.91 Å². The van der Waals surface area contributed by atoms with Gasteiger partial charge < -0.3 is 10.6 Å². The Morgan fingerprint density at radius 3 is 2.75 bits per heavy atom. The number of carbonyl (C=O) groups excluding carboxylic acids is 1. The van der Waals surface area contributed by atoms with Crippen molar-refractivity contribution in [3.8, 4) is 0 Å². The monoisotopic (exact) mass is 287 g/mol. The zero-order valence-electron chi connectivity index (χ0n) is 11.1. The van der Waals surface area contributed by atoms with Crippen molar-refractivity contribution in [3.63, 3.8) is 0 Å². The predicted octanol–water partition coefficient (Wildman–Crippen LogP) is 2.33. The molecule has 4 nitrogen and oxygen atoms in total. The molecular weight excluding hydrogens is 270 g/mol. The van der Waals surface area contributed by atoms with Gasteiger partial charge in [0.1, 0.15) is 6.04 Å². The summed E-state index contributed by atoms with van der Waals surface area (Å²) in [5.74, 6) is 0.0202. The van der Waals surface area contributed by atoms with Crippen LogP contribution in [0.5, 0.6) is 0 Å². The normalized spacial score (nSPS) is 15.8. The van der Waals surface area contributed by atoms with Crippen molar-refractivity contribution in [2.24, 2.45) is 5.73 Å². The van der Waals surface area contributed by atoms with E-state index in [9.17, 15) is 4.79 Å². The van der Waals surface area contributed by atoms with E-state index in [-0.39, 0.29) is 5.91 Å². The average Bonchev–Trinajstić information content (AvgIpc) is 3.18. The van der Waals surface area contributed by atoms with Gasteiger partial charge in [0.15, 0.2) is 0 Å². The van der Waals surface area contributed by atoms with E-state index in [0.717, 1.165) is 23.3 Å². The molecule has 0 spiro atoms. The second kappa shape index (κ2) is 5.73. The Kier molecular flexibility index (Phi) is 3.80. The van der Waals surface area contributed by atoms with Crippen molar-refractivity contribution in [2.45, 2.75) is 31.5 Å². The number of amides is 1. The highest BCUT2D eigenvalue weighted by atomic mass is 32.1. The molecule has 104 valence electrons. The molecule has 1 unspecified atom stereocenters. The molecule has 20 heavy (non-hydrogen) atoms. The summed E-state index contributed by atoms with van der Waals surface area (Å²) in [6, 6.07) is 7.54. The van der Waals surface area contributed by atoms with Gasteiger partial charge in [0.05, 0.1) is 0 Å². The predicted molar refractivity (Wildman–Crippen MR) is 79.1 cm³/mol. The third-order valence-electron chi connectivity index (χ3n) is 3.49. The van der Waals surface area contributed by atoms with Gasteiger partial charge in [0, 0.05) is 29.9 Å². The van der Waals surface area contributed by atoms with E-state index in [0.29, 0.717) is 12.6 Å². The zero-order chi connectivity index (χ0) is 13.9. The van der Waals surface area contributed by atoms with E-state index in [2.05, 4.69) is 4.98 Å². The van der Waals surface area contributed by atoms with Crippen LogP contribution in [0.15, 0.2) is 42.0 Å². The highest BCUT2D eigenvalue weighted by Crippen LogP contribution is 2.31. The van der Waals surface area contributed by atoms with Crippen molar-refractivity contribution < 1.29 is 4.79 Å². The molecule has 1 aliphatic carbocycles. The number of nitrogens with two attached hydrogens (primary N) is 1. The van der Waals surface area contributed by atoms with Crippen LogP contribution < -0.4 is 5.73 Å². The summed E-state index contributed by atoms with van der Waals surface area (Å²) in [6.45, 7) is 0.616. The van der Waals surface area contributed by atoms with Crippen molar-refractivity contribution in [1.29, 1.82) is 0 Å². The Hall–Kier alpha value is -1.72. The van der Waals surface area contributed by atoms with Crippen LogP contribution in [0.1, 0.15) is 29.3 Å². The number of aromatic nitrogens is 1. The van der Waals surface area contributed by atoms with Crippen LogP contribution >= 0.6 is 11.3 Å². The second-order valence-electron chi connectivity index (χ2n) is 5.05. The van der Waals surface area contributed by atoms with Gasteiger partial charge in [-0.3, -0.25) is 9.78 Å². The smallest absolute Gasteiger partial charge is 0.245 e. The fourth-order valence-electron chi connectivity index (χ4n) is 2.23. The Morgan fingerprint density at radius 1 is 1.40 bits per heavy atom. The van der Waals surface area contributed by atoms with Crippen molar-refractivity contribution in [1.82, 2.24) is 9.88 Å². The molecule has 0 aliphatic heterocycles. The van der Waals surface area contributed by atoms with Gasteiger partial charge in [-0.05, 0) is 42.0 Å². The van der Waals surface area contributed by atoms with Crippen LogP contribution in [0.2, 0.25) is 0 Å². The number of rotatable bonds is 5. The van der Waals surface area contributed by atoms with E-state index in [1.54, 1.807) is 12.4 Å². The lowest BCUT2D eigenvalue weighted by Crippen LogP contribution is -2.39. The van der Waals surface area contributed by atoms with Crippen LogP contribution in [-0.4, -0.2) is 21.8 Å². The first-order valence-corrected chi connectivity index (χ1v) is 7.62. The summed E-state index contributed by atoms with van der Waals surface area (Å²) in [6.07, 6.45) is 5.66. The maximum Gasteiger partial charge on any atom is 0.245 e. The molecule has 3 rings (SSSR count). The number of carbonyl (C=O) groups is 1. The SMILES string of the molecule is NC(C(=O)N(Cc1ccncc1)C1CC1)c1cccs1. The minimum absolute atomic E-state index is 0.0202. The third-order valence-corrected chi connectivity index (χ3v) is 4.44. The molecule has 0 saturated heterocycles. The molecular formula is C15H17N3OS. The molecule has 5 heteroatoms. The molecule has 1 amide bonds. The summed E-state index contributed by atoms with van der Waals surface area (Å²) in [5, 5.41) is 1.95. The lowest BCUT2D eigenvalue weighted by atomic mass is 10.2. The number of thiophene rings is 1. The lowest BCUT2D eigenvalue weighted by Gasteiger charge is -2.25. The number of hydrogen-bond donors (Lipinski definition) is 1. The fourth-order valence-corrected chi connectivity index (χ4v) is 2.95. The van der Waals surface area contributed by atoms with Crippen molar-refractivity contribution in [2.75, 3.05) is 0 Å². The minimum atomic E-state index is -0.544. The Morgan fingerprint density at radius 2 is 2.15 bits per heavy atom. The van der Waals surface area contributed by atoms with Crippen LogP contribution in [-0.2, 0) is 11.3 Å². The molecule has 1 atom stereocenters. The number of nitrogens with zero attached hydrogens (tertiary/aromatic N) is 2. The standard InChI is InChI=1S/C15H17N3OS/c16-14(13-2-1-9-20-13)15(19)18(12-3-4-12)10-11-5-7-17-8-6-11/h1-2,5-9,12,14H,3-4,10,16H2. The van der Waals surface area contributed by atoms with Gasteiger partial charge in [-0.2, -0.15) is 0 Å². The Bertz CT molecular complexity index is 566. The largest absolute Gasteiger partial charge is 0.334 e. The van der Waals surface area contributed by atoms with Crippen LogP contribution in [0, 0.1) is 0 Å². The van der Waals surface area contributed by atoms with Gasteiger partial charge in [-0.25, -0.2) is 0 Å². The van der Waals surface area contributed by atoms with Crippen molar-refractivity contribution in [3.05, 3.63) is 52.5 Å². The molecule has 1 saturated carbocycles. The molecule has 2 aromatic heterocycles. The third kappa shape index (κ3) is 2.89. The molecule has 0 radical (unpaired) electrons. The fraction of sp³-hybridized carbons (Fsp3) is 0.333. The first kappa shape index (κ1) is 13.3. The molecule has 1 fully saturated rings. The molecule has 2 N–H and O–H groups in total. The van der Waals surface area contributed by atoms with E-state index in [1.807, 2.05) is 34.5 Å². The van der Waals surface area contributed by atoms with Crippen LogP contribution in [0.4, 0.5) is 0 Å². The van der Waals surface area contributed by atoms with E-state index < -0.39 is 6.04 Å². The zero-order valence-corrected chi connectivity index (χ0v) is 11.9. The highest BCUT2D eigenvalue weighted by molar-refractivity contribution is 7.10. The summed E-state index contributed by atoms with van der Waals surface area (Å²) in [4.78, 5) is 19.5. The number of pyridine rings is 1. The van der Waals surface area contributed by atoms with Crippen LogP contribution in [0.3, 0.4) is 0 Å². The minimum Gasteiger partial charge on any atom is -0.334 e. The molecule has 2 heterocycles. The Labute approximate surface area is 122 Å². The summed E-state index contributed by atoms with van der Waals surface area (Å²) in [5.41, 5.74) is 7.21. The molecule has 2 aromatic rings. The second-order valence-corrected chi connectivity index (χ2v) is 6.03. The average molecular weight is 287 g/mol. The van der Waals surface area contributed by atoms with E-state index in [1.165, 1.54) is 11.3 Å². The summed E-state index contributed by atoms with van der Waals surface area (Å²) >= 11 is 1.53. The quantitative estimate of drug-likeness (QED) is 0.918. The van der Waals surface area contributed by atoms with Gasteiger partial charge in [-0.1, -0.05) is 6.07 Å². The maximum atomic E-state index is 12.6. The first-order chi connectivity index (χ1) is 9.75.